The van der Waals surface area contributed by atoms with E-state index in [1.54, 1.807) is 13.0 Å². The Bertz CT molecular complexity index is 1010. The molecule has 0 bridgehead atoms. The first-order valence-electron chi connectivity index (χ1n) is 8.70. The summed E-state index contributed by atoms with van der Waals surface area (Å²) in [5.74, 6) is 0.485. The van der Waals surface area contributed by atoms with Gasteiger partial charge in [0.1, 0.15) is 17.5 Å². The van der Waals surface area contributed by atoms with E-state index in [9.17, 15) is 14.9 Å². The highest BCUT2D eigenvalue weighted by molar-refractivity contribution is 7.46. The zero-order valence-electron chi connectivity index (χ0n) is 15.8. The molecule has 8 nitrogen and oxygen atoms in total. The number of nitrogens with zero attached hydrogens (tertiary/aromatic N) is 1. The van der Waals surface area contributed by atoms with Crippen molar-refractivity contribution in [2.75, 3.05) is 0 Å². The molecule has 0 aliphatic carbocycles. The van der Waals surface area contributed by atoms with Crippen molar-refractivity contribution in [1.82, 2.24) is 5.09 Å². The largest absolute Gasteiger partial charge is 0.542 e. The first-order chi connectivity index (χ1) is 14.0. The molecule has 29 heavy (non-hydrogen) atoms. The van der Waals surface area contributed by atoms with Crippen molar-refractivity contribution in [3.05, 3.63) is 76.8 Å². The Morgan fingerprint density at radius 2 is 1.76 bits per heavy atom. The Kier molecular flexibility index (Phi) is 6.64. The van der Waals surface area contributed by atoms with Crippen molar-refractivity contribution in [1.29, 1.82) is 0 Å². The zero-order chi connectivity index (χ0) is 20.8. The average molecular weight is 412 g/mol. The third-order valence-electron chi connectivity index (χ3n) is 4.02. The van der Waals surface area contributed by atoms with Gasteiger partial charge in [-0.05, 0) is 30.5 Å². The molecule has 1 N–H and O–H groups in total. The second-order valence-corrected chi connectivity index (χ2v) is 7.18. The lowest BCUT2D eigenvalue weighted by Gasteiger charge is -2.22. The van der Waals surface area contributed by atoms with Crippen molar-refractivity contribution < 1.29 is 23.4 Å². The summed E-state index contributed by atoms with van der Waals surface area (Å²) in [5.41, 5.74) is -0.0486. The van der Waals surface area contributed by atoms with Gasteiger partial charge in [0.2, 0.25) is 0 Å². The van der Waals surface area contributed by atoms with Crippen LogP contribution in [0, 0.1) is 10.1 Å². The zero-order valence-corrected chi connectivity index (χ0v) is 16.7. The van der Waals surface area contributed by atoms with Crippen molar-refractivity contribution in [2.45, 2.75) is 13.0 Å². The van der Waals surface area contributed by atoms with Crippen LogP contribution in [0.4, 0.5) is 5.69 Å². The minimum Gasteiger partial charge on any atom is -0.542 e. The Labute approximate surface area is 169 Å². The van der Waals surface area contributed by atoms with Gasteiger partial charge in [0.15, 0.2) is 0 Å². The maximum Gasteiger partial charge on any atom is 0.382 e. The number of hydrogen-bond acceptors (Lipinski definition) is 7. The molecule has 3 rings (SSSR count). The Balaban J connectivity index is 1.85. The minimum absolute atomic E-state index is 0.0486. The van der Waals surface area contributed by atoms with Crippen LogP contribution in [0.25, 0.3) is 10.8 Å². The monoisotopic (exact) mass is 412 g/mol. The molecular weight excluding hydrogens is 394 g/mol. The van der Waals surface area contributed by atoms with Gasteiger partial charge in [-0.25, -0.2) is 5.09 Å². The molecule has 0 radical (unpaired) electrons. The summed E-state index contributed by atoms with van der Waals surface area (Å²) in [6.07, 6.45) is 0. The predicted molar refractivity (Wildman–Crippen MR) is 112 cm³/mol. The van der Waals surface area contributed by atoms with Crippen LogP contribution in [0.3, 0.4) is 0 Å². The SMILES string of the molecule is BOC(=O)C(C)NP(Oc1ccc([N+](=O)[O-])cc1)Oc1cccc2ccccc12. The van der Waals surface area contributed by atoms with E-state index < -0.39 is 25.5 Å². The number of rotatable bonds is 8. The summed E-state index contributed by atoms with van der Waals surface area (Å²) in [5, 5.41) is 15.7. The molecule has 2 atom stereocenters. The van der Waals surface area contributed by atoms with Gasteiger partial charge < -0.3 is 13.7 Å². The fraction of sp³-hybridized carbons (Fsp3) is 0.105. The molecule has 2 unspecified atom stereocenters. The van der Waals surface area contributed by atoms with Crippen molar-refractivity contribution in [3.8, 4) is 11.5 Å². The molecule has 0 saturated carbocycles. The van der Waals surface area contributed by atoms with E-state index in [1.807, 2.05) is 36.4 Å². The van der Waals surface area contributed by atoms with Gasteiger partial charge in [-0.2, -0.15) is 0 Å². The Morgan fingerprint density at radius 3 is 2.45 bits per heavy atom. The summed E-state index contributed by atoms with van der Waals surface area (Å²) in [6, 6.07) is 18.3. The van der Waals surface area contributed by atoms with Crippen LogP contribution in [0.15, 0.2) is 66.7 Å². The number of hydrogen-bond donors (Lipinski definition) is 1. The van der Waals surface area contributed by atoms with Gasteiger partial charge in [0, 0.05) is 17.5 Å². The van der Waals surface area contributed by atoms with Crippen LogP contribution in [-0.4, -0.2) is 25.0 Å². The fourth-order valence-electron chi connectivity index (χ4n) is 2.55. The summed E-state index contributed by atoms with van der Waals surface area (Å²) in [4.78, 5) is 22.2. The molecule has 0 aromatic heterocycles. The highest BCUT2D eigenvalue weighted by atomic mass is 31.2. The van der Waals surface area contributed by atoms with E-state index >= 15 is 0 Å². The van der Waals surface area contributed by atoms with Crippen LogP contribution in [0.1, 0.15) is 6.92 Å². The Hall–Kier alpha value is -3.16. The number of nitro groups is 1. The molecule has 0 amide bonds. The van der Waals surface area contributed by atoms with E-state index in [4.69, 9.17) is 13.7 Å². The van der Waals surface area contributed by atoms with Crippen LogP contribution in [0.5, 0.6) is 11.5 Å². The third-order valence-corrected chi connectivity index (χ3v) is 5.36. The highest BCUT2D eigenvalue weighted by Gasteiger charge is 2.24. The maximum atomic E-state index is 11.8. The molecule has 0 aliphatic rings. The van der Waals surface area contributed by atoms with Crippen LogP contribution < -0.4 is 14.1 Å². The lowest BCUT2D eigenvalue weighted by molar-refractivity contribution is -0.384. The number of nitrogens with one attached hydrogen (secondary N) is 1. The number of non-ortho nitro benzene ring substituents is 1. The van der Waals surface area contributed by atoms with E-state index in [2.05, 4.69) is 5.09 Å². The average Bonchev–Trinajstić information content (AvgIpc) is 2.73. The second-order valence-electron chi connectivity index (χ2n) is 6.04. The molecular formula is C19H18BN2O6P. The molecule has 148 valence electrons. The lowest BCUT2D eigenvalue weighted by Crippen LogP contribution is -2.33. The van der Waals surface area contributed by atoms with E-state index in [1.165, 1.54) is 32.3 Å². The topological polar surface area (TPSA) is 99.9 Å². The molecule has 0 aliphatic heterocycles. The van der Waals surface area contributed by atoms with Crippen LogP contribution >= 0.6 is 8.53 Å². The summed E-state index contributed by atoms with van der Waals surface area (Å²) in [6.45, 7) is 1.63. The molecule has 3 aromatic carbocycles. The maximum absolute atomic E-state index is 11.8. The number of benzene rings is 3. The number of carbonyl (C=O) groups excluding carboxylic acids is 1. The summed E-state index contributed by atoms with van der Waals surface area (Å²) < 4.78 is 16.7. The normalized spacial score (nSPS) is 12.7. The lowest BCUT2D eigenvalue weighted by atomic mass is 10.1. The van der Waals surface area contributed by atoms with E-state index in [0.29, 0.717) is 11.5 Å². The van der Waals surface area contributed by atoms with Gasteiger partial charge in [-0.3, -0.25) is 14.9 Å². The third kappa shape index (κ3) is 5.22. The van der Waals surface area contributed by atoms with Gasteiger partial charge in [-0.1, -0.05) is 36.4 Å². The summed E-state index contributed by atoms with van der Waals surface area (Å²) in [7, 11) is -0.513. The van der Waals surface area contributed by atoms with E-state index in [0.717, 1.165) is 10.8 Å². The van der Waals surface area contributed by atoms with Gasteiger partial charge in [0.05, 0.1) is 4.92 Å². The summed E-state index contributed by atoms with van der Waals surface area (Å²) >= 11 is 0. The number of carbonyl (C=O) groups is 1. The van der Waals surface area contributed by atoms with Gasteiger partial charge in [0.25, 0.3) is 5.69 Å². The highest BCUT2D eigenvalue weighted by Crippen LogP contribution is 2.40. The molecule has 0 fully saturated rings. The fourth-order valence-corrected chi connectivity index (χ4v) is 3.76. The Morgan fingerprint density at radius 1 is 1.07 bits per heavy atom. The first kappa shape index (κ1) is 20.6. The molecule has 0 saturated heterocycles. The van der Waals surface area contributed by atoms with Crippen molar-refractivity contribution in [2.24, 2.45) is 0 Å². The predicted octanol–water partition coefficient (Wildman–Crippen LogP) is 3.50. The molecule has 0 heterocycles. The quantitative estimate of drug-likeness (QED) is 0.262. The van der Waals surface area contributed by atoms with Gasteiger partial charge >= 0.3 is 22.5 Å². The van der Waals surface area contributed by atoms with Crippen molar-refractivity contribution >= 4 is 39.0 Å². The molecule has 10 heteroatoms. The number of fused-ring (bicyclic) bond motifs is 1. The minimum atomic E-state index is -1.81. The van der Waals surface area contributed by atoms with Gasteiger partial charge in [-0.15, -0.1) is 0 Å². The molecule has 3 aromatic rings. The van der Waals surface area contributed by atoms with Crippen molar-refractivity contribution in [3.63, 3.8) is 0 Å². The second kappa shape index (κ2) is 9.36. The standard InChI is InChI=1S/C19H18BN2O6P/c1-13(19(23)26-20)21-29(27-16-11-9-15(10-12-16)22(24)25)28-18-8-4-6-14-5-2-3-7-17(14)18/h2-13,21H,20H2,1H3. The van der Waals surface area contributed by atoms with E-state index in [-0.39, 0.29) is 5.69 Å². The van der Waals surface area contributed by atoms with Crippen LogP contribution in [0.2, 0.25) is 0 Å². The smallest absolute Gasteiger partial charge is 0.382 e. The van der Waals surface area contributed by atoms with Crippen LogP contribution in [-0.2, 0) is 9.45 Å². The first-order valence-corrected chi connectivity index (χ1v) is 9.88. The number of nitro benzene ring substituents is 1. The molecule has 0 spiro atoms.